The van der Waals surface area contributed by atoms with Crippen molar-refractivity contribution < 1.29 is 33.9 Å². The number of aryl methyl sites for hydroxylation is 1. The van der Waals surface area contributed by atoms with Crippen LogP contribution < -0.4 is 14.7 Å². The Bertz CT molecular complexity index is 2070. The van der Waals surface area contributed by atoms with E-state index in [2.05, 4.69) is 86.5 Å². The normalized spacial score (nSPS) is 15.8. The van der Waals surface area contributed by atoms with E-state index in [9.17, 15) is 20.0 Å². The van der Waals surface area contributed by atoms with Crippen molar-refractivity contribution >= 4 is 69.0 Å². The molecule has 0 spiro atoms. The number of benzene rings is 3. The fourth-order valence-electron chi connectivity index (χ4n) is 6.77. The van der Waals surface area contributed by atoms with E-state index in [0.717, 1.165) is 102 Å². The Labute approximate surface area is 323 Å². The Hall–Kier alpha value is -4.17. The number of carbonyl (C=O) groups is 2. The van der Waals surface area contributed by atoms with Crippen LogP contribution in [0, 0.1) is 0 Å². The van der Waals surface area contributed by atoms with Gasteiger partial charge in [-0.25, -0.2) is 4.79 Å². The maximum atomic E-state index is 14.1. The minimum atomic E-state index is -1.14. The number of aromatic carboxylic acids is 1. The van der Waals surface area contributed by atoms with E-state index in [0.29, 0.717) is 5.75 Å². The Morgan fingerprint density at radius 3 is 2.55 bits per heavy atom. The Morgan fingerprint density at radius 2 is 1.74 bits per heavy atom. The molecule has 4 aromatic rings. The number of nitrogens with zero attached hydrogens (tertiary/aromatic N) is 3. The van der Waals surface area contributed by atoms with Gasteiger partial charge in [0, 0.05) is 54.8 Å². The Balaban J connectivity index is 1.36. The summed E-state index contributed by atoms with van der Waals surface area (Å²) >= 11 is 4.48. The van der Waals surface area contributed by atoms with Crippen molar-refractivity contribution in [2.45, 2.75) is 63.3 Å². The lowest BCUT2D eigenvalue weighted by molar-refractivity contribution is -0.777. The number of hydrogen-bond donors (Lipinski definition) is 1. The second-order valence-corrected chi connectivity index (χ2v) is 15.7. The van der Waals surface area contributed by atoms with Crippen LogP contribution in [-0.2, 0) is 15.9 Å². The zero-order valence-electron chi connectivity index (χ0n) is 29.9. The second kappa shape index (κ2) is 18.7. The number of allylic oxidation sites excluding steroid dienone is 5. The molecule has 2 aliphatic rings. The number of carbonyl (C=O) groups excluding carboxylic acids is 1. The summed E-state index contributed by atoms with van der Waals surface area (Å²) in [4.78, 5) is 31.5. The third-order valence-electron chi connectivity index (χ3n) is 9.35. The van der Waals surface area contributed by atoms with Crippen molar-refractivity contribution in [2.75, 3.05) is 24.2 Å². The summed E-state index contributed by atoms with van der Waals surface area (Å²) in [6, 6.07) is 23.2. The summed E-state index contributed by atoms with van der Waals surface area (Å²) in [5.41, 5.74) is 5.33. The monoisotopic (exact) mass is 769 g/mol. The second-order valence-electron chi connectivity index (χ2n) is 12.8. The number of rotatable bonds is 17. The first-order valence-corrected chi connectivity index (χ1v) is 20.4. The molecule has 1 N–H and O–H groups in total. The zero-order valence-corrected chi connectivity index (χ0v) is 32.3. The average Bonchev–Trinajstić information content (AvgIpc) is 3.86. The minimum Gasteiger partial charge on any atom is -0.691 e. The number of amides is 1. The van der Waals surface area contributed by atoms with Gasteiger partial charge in [0.2, 0.25) is 5.52 Å². The number of carboxylic acid groups (broad SMARTS) is 1. The quantitative estimate of drug-likeness (QED) is 0.0371. The molecule has 3 aromatic carbocycles. The number of likely N-dealkylation sites (N-methyl/N-ethyl adjacent to an activating group) is 1. The standard InChI is InChI=1S/C41H43N3O6S3/c1-3-4-11-26-43-33-16-7-9-18-35(33)52-37(43)24-22-29-20-21-30(39(29)42(2)40(45)31-14-5-6-15-32(31)41(46)47)23-25-38-44(27-12-13-28-51-50-49-48)34-17-8-10-19-36(34)53-38/h5-10,14-19,22-25H,3-4,11-13,20-21,26-28H2,1-2H3,(H-,46,47,48). The number of unbranched alkanes of at least 4 members (excludes halogenated alkanes) is 3. The number of aromatic nitrogens is 1. The van der Waals surface area contributed by atoms with Gasteiger partial charge >= 0.3 is 5.97 Å². The number of anilines is 1. The lowest BCUT2D eigenvalue weighted by atomic mass is 10.0. The van der Waals surface area contributed by atoms with Gasteiger partial charge < -0.3 is 20.2 Å². The number of hydrogen-bond acceptors (Lipinski definition) is 9. The van der Waals surface area contributed by atoms with Gasteiger partial charge in [-0.1, -0.05) is 85.3 Å². The molecule has 0 unspecified atom stereocenters. The van der Waals surface area contributed by atoms with Crippen LogP contribution in [0.5, 0.6) is 0 Å². The van der Waals surface area contributed by atoms with Gasteiger partial charge in [-0.2, -0.15) is 8.90 Å². The molecule has 1 amide bonds. The molecule has 0 fully saturated rings. The predicted molar refractivity (Wildman–Crippen MR) is 212 cm³/mol. The van der Waals surface area contributed by atoms with Gasteiger partial charge in [-0.3, -0.25) is 9.83 Å². The van der Waals surface area contributed by atoms with E-state index in [1.165, 1.54) is 21.3 Å². The molecular formula is C41H43N3O6S3. The van der Waals surface area contributed by atoms with E-state index in [1.807, 2.05) is 12.1 Å². The number of carboxylic acids is 1. The molecule has 1 aliphatic heterocycles. The van der Waals surface area contributed by atoms with E-state index in [-0.39, 0.29) is 17.0 Å². The van der Waals surface area contributed by atoms with Crippen LogP contribution in [0.1, 0.15) is 77.6 Å². The average molecular weight is 770 g/mol. The summed E-state index contributed by atoms with van der Waals surface area (Å²) in [5.74, 6) is -0.859. The van der Waals surface area contributed by atoms with Crippen LogP contribution in [-0.4, -0.2) is 41.2 Å². The summed E-state index contributed by atoms with van der Waals surface area (Å²) in [7, 11) is 1.74. The van der Waals surface area contributed by atoms with Crippen LogP contribution in [0.4, 0.5) is 5.69 Å². The fourth-order valence-corrected chi connectivity index (χ4v) is 9.38. The highest BCUT2D eigenvalue weighted by Crippen LogP contribution is 2.46. The lowest BCUT2D eigenvalue weighted by Gasteiger charge is -2.23. The van der Waals surface area contributed by atoms with Gasteiger partial charge in [-0.15, -0.1) is 0 Å². The Morgan fingerprint density at radius 1 is 0.962 bits per heavy atom. The number of para-hydroxylation sites is 2. The van der Waals surface area contributed by atoms with Crippen molar-refractivity contribution in [3.63, 3.8) is 0 Å². The third-order valence-corrected chi connectivity index (χ3v) is 12.2. The van der Waals surface area contributed by atoms with Gasteiger partial charge in [0.25, 0.3) is 10.9 Å². The van der Waals surface area contributed by atoms with Crippen molar-refractivity contribution in [3.05, 3.63) is 129 Å². The highest BCUT2D eigenvalue weighted by Gasteiger charge is 2.29. The summed E-state index contributed by atoms with van der Waals surface area (Å²) in [6.45, 7) is 3.93. The van der Waals surface area contributed by atoms with Crippen LogP contribution in [0.15, 0.2) is 118 Å². The highest BCUT2D eigenvalue weighted by molar-refractivity contribution is 8.03. The van der Waals surface area contributed by atoms with Crippen molar-refractivity contribution in [1.29, 1.82) is 0 Å². The van der Waals surface area contributed by atoms with Gasteiger partial charge in [0.1, 0.15) is 4.70 Å². The molecule has 0 saturated heterocycles. The first-order valence-electron chi connectivity index (χ1n) is 17.9. The number of thiazole rings is 1. The van der Waals surface area contributed by atoms with Crippen molar-refractivity contribution in [1.82, 2.24) is 4.90 Å². The molecule has 1 aliphatic carbocycles. The highest BCUT2D eigenvalue weighted by atomic mass is 32.2. The van der Waals surface area contributed by atoms with Gasteiger partial charge in [0.15, 0.2) is 6.54 Å². The fraction of sp³-hybridized carbons (Fsp3) is 0.293. The zero-order chi connectivity index (χ0) is 37.2. The van der Waals surface area contributed by atoms with Crippen LogP contribution in [0.3, 0.4) is 0 Å². The summed E-state index contributed by atoms with van der Waals surface area (Å²) < 4.78 is 7.90. The summed E-state index contributed by atoms with van der Waals surface area (Å²) in [5, 5.41) is 25.7. The maximum Gasteiger partial charge on any atom is 0.336 e. The smallest absolute Gasteiger partial charge is 0.336 e. The topological polar surface area (TPSA) is 106 Å². The molecule has 12 heteroatoms. The molecule has 9 nitrogen and oxygen atoms in total. The minimum absolute atomic E-state index is 0.0210. The lowest BCUT2D eigenvalue weighted by Crippen LogP contribution is -2.35. The largest absolute Gasteiger partial charge is 0.691 e. The Kier molecular flexibility index (Phi) is 13.6. The summed E-state index contributed by atoms with van der Waals surface area (Å²) in [6.07, 6.45) is 15.2. The predicted octanol–water partition coefficient (Wildman–Crippen LogP) is 8.94. The van der Waals surface area contributed by atoms with Gasteiger partial charge in [-0.05, 0) is 79.3 Å². The van der Waals surface area contributed by atoms with Crippen molar-refractivity contribution in [3.8, 4) is 0 Å². The molecule has 1 aromatic heterocycles. The van der Waals surface area contributed by atoms with Crippen LogP contribution >= 0.6 is 35.1 Å². The van der Waals surface area contributed by atoms with Crippen LogP contribution in [0.25, 0.3) is 16.3 Å². The molecule has 0 saturated carbocycles. The molecule has 2 heterocycles. The van der Waals surface area contributed by atoms with E-state index < -0.39 is 5.97 Å². The maximum absolute atomic E-state index is 14.1. The molecule has 0 bridgehead atoms. The van der Waals surface area contributed by atoms with Crippen molar-refractivity contribution in [2.24, 2.45) is 0 Å². The van der Waals surface area contributed by atoms with E-state index in [4.69, 9.17) is 0 Å². The first kappa shape index (κ1) is 38.6. The van der Waals surface area contributed by atoms with Crippen LogP contribution in [0.2, 0.25) is 0 Å². The molecule has 276 valence electrons. The molecular weight excluding hydrogens is 727 g/mol. The molecule has 53 heavy (non-hydrogen) atoms. The SMILES string of the molecule is CCCCCN1/C(=C/C=C2\CCC(/C=C/c3sc4ccccc4[n+]3CCCCSOO[O-])=C2N(C)C(=O)c2ccccc2C(=O)O)Sc2ccccc21. The number of thioether (sulfide) groups is 1. The van der Waals surface area contributed by atoms with E-state index >= 15 is 0 Å². The van der Waals surface area contributed by atoms with Gasteiger partial charge in [0.05, 0.1) is 27.5 Å². The number of fused-ring (bicyclic) bond motifs is 2. The molecule has 0 atom stereocenters. The third kappa shape index (κ3) is 9.14. The first-order chi connectivity index (χ1) is 25.9. The molecule has 6 rings (SSSR count). The van der Waals surface area contributed by atoms with E-state index in [1.54, 1.807) is 53.2 Å². The molecule has 0 radical (unpaired) electrons.